The van der Waals surface area contributed by atoms with Gasteiger partial charge in [-0.1, -0.05) is 11.6 Å². The molecule has 1 fully saturated rings. The number of anilines is 1. The standard InChI is InChI=1S/C18H21ClF3N5O/c1-17(2,27-11-13(19)10-24-27)16(28)25-14-5-7-26(8-6-14)15-4-3-12(9-23-15)18(20,21)22/h3-4,9-11,14H,5-8H2,1-2H3,(H,25,28). The van der Waals surface area contributed by atoms with E-state index in [9.17, 15) is 18.0 Å². The van der Waals surface area contributed by atoms with E-state index in [2.05, 4.69) is 15.4 Å². The fourth-order valence-corrected chi connectivity index (χ4v) is 3.20. The monoisotopic (exact) mass is 415 g/mol. The summed E-state index contributed by atoms with van der Waals surface area (Å²) < 4.78 is 39.5. The molecule has 1 N–H and O–H groups in total. The first-order valence-corrected chi connectivity index (χ1v) is 9.25. The van der Waals surface area contributed by atoms with Crippen molar-refractivity contribution in [3.63, 3.8) is 0 Å². The number of nitrogens with zero attached hydrogens (tertiary/aromatic N) is 4. The number of pyridine rings is 1. The van der Waals surface area contributed by atoms with Gasteiger partial charge in [0.1, 0.15) is 11.4 Å². The predicted molar refractivity (Wildman–Crippen MR) is 99.2 cm³/mol. The Balaban J connectivity index is 1.56. The smallest absolute Gasteiger partial charge is 0.356 e. The number of halogens is 4. The molecule has 2 aromatic rings. The number of hydrogen-bond acceptors (Lipinski definition) is 4. The third kappa shape index (κ3) is 4.40. The average Bonchev–Trinajstić information content (AvgIpc) is 3.09. The summed E-state index contributed by atoms with van der Waals surface area (Å²) in [7, 11) is 0. The molecule has 0 bridgehead atoms. The Bertz CT molecular complexity index is 826. The normalized spacial score (nSPS) is 16.3. The third-order valence-electron chi connectivity index (χ3n) is 4.91. The number of alkyl halides is 3. The van der Waals surface area contributed by atoms with Crippen LogP contribution >= 0.6 is 11.6 Å². The van der Waals surface area contributed by atoms with Crippen LogP contribution < -0.4 is 10.2 Å². The van der Waals surface area contributed by atoms with Gasteiger partial charge in [0.15, 0.2) is 0 Å². The molecule has 0 radical (unpaired) electrons. The van der Waals surface area contributed by atoms with E-state index >= 15 is 0 Å². The van der Waals surface area contributed by atoms with E-state index in [0.717, 1.165) is 12.3 Å². The highest BCUT2D eigenvalue weighted by Gasteiger charge is 2.34. The van der Waals surface area contributed by atoms with Gasteiger partial charge in [-0.05, 0) is 38.8 Å². The lowest BCUT2D eigenvalue weighted by Gasteiger charge is -2.35. The summed E-state index contributed by atoms with van der Waals surface area (Å²) in [5, 5.41) is 7.59. The first-order valence-electron chi connectivity index (χ1n) is 8.87. The number of carbonyl (C=O) groups excluding carboxylic acids is 1. The number of aromatic nitrogens is 3. The van der Waals surface area contributed by atoms with Crippen molar-refractivity contribution in [3.05, 3.63) is 41.3 Å². The Morgan fingerprint density at radius 1 is 1.21 bits per heavy atom. The zero-order valence-electron chi connectivity index (χ0n) is 15.5. The first-order chi connectivity index (χ1) is 13.1. The molecule has 1 aliphatic rings. The zero-order chi connectivity index (χ0) is 20.5. The predicted octanol–water partition coefficient (Wildman–Crippen LogP) is 3.47. The molecule has 1 amide bonds. The van der Waals surface area contributed by atoms with E-state index in [1.54, 1.807) is 20.0 Å². The Labute approximate surface area is 165 Å². The minimum absolute atomic E-state index is 0.0245. The van der Waals surface area contributed by atoms with Crippen LogP contribution in [0.25, 0.3) is 0 Å². The van der Waals surface area contributed by atoms with Crippen LogP contribution in [0.3, 0.4) is 0 Å². The van der Waals surface area contributed by atoms with E-state index < -0.39 is 17.3 Å². The summed E-state index contributed by atoms with van der Waals surface area (Å²) in [4.78, 5) is 18.5. The Kier molecular flexibility index (Phi) is 5.56. The second-order valence-corrected chi connectivity index (χ2v) is 7.74. The average molecular weight is 416 g/mol. The summed E-state index contributed by atoms with van der Waals surface area (Å²) in [5.74, 6) is 0.336. The van der Waals surface area contributed by atoms with Crippen molar-refractivity contribution in [2.45, 2.75) is 44.4 Å². The number of carbonyl (C=O) groups is 1. The summed E-state index contributed by atoms with van der Waals surface area (Å²) >= 11 is 5.88. The highest BCUT2D eigenvalue weighted by Crippen LogP contribution is 2.30. The van der Waals surface area contributed by atoms with Gasteiger partial charge in [-0.2, -0.15) is 18.3 Å². The quantitative estimate of drug-likeness (QED) is 0.830. The fraction of sp³-hybridized carbons (Fsp3) is 0.500. The van der Waals surface area contributed by atoms with Crippen LogP contribution in [0.2, 0.25) is 5.02 Å². The molecule has 1 saturated heterocycles. The number of rotatable bonds is 4. The van der Waals surface area contributed by atoms with Gasteiger partial charge in [0.25, 0.3) is 0 Å². The molecule has 152 valence electrons. The molecular formula is C18H21ClF3N5O. The zero-order valence-corrected chi connectivity index (χ0v) is 16.3. The Morgan fingerprint density at radius 2 is 1.89 bits per heavy atom. The fourth-order valence-electron chi connectivity index (χ4n) is 3.07. The van der Waals surface area contributed by atoms with Gasteiger partial charge < -0.3 is 10.2 Å². The largest absolute Gasteiger partial charge is 0.417 e. The summed E-state index contributed by atoms with van der Waals surface area (Å²) in [6.07, 6.45) is 0.871. The molecule has 0 aromatic carbocycles. The van der Waals surface area contributed by atoms with Crippen molar-refractivity contribution in [1.82, 2.24) is 20.1 Å². The topological polar surface area (TPSA) is 63.1 Å². The maximum absolute atomic E-state index is 12.7. The number of nitrogens with one attached hydrogen (secondary N) is 1. The molecule has 10 heteroatoms. The lowest BCUT2D eigenvalue weighted by atomic mass is 10.0. The molecule has 0 spiro atoms. The van der Waals surface area contributed by atoms with Crippen LogP contribution in [-0.2, 0) is 16.5 Å². The third-order valence-corrected chi connectivity index (χ3v) is 5.10. The molecular weight excluding hydrogens is 395 g/mol. The molecule has 2 aromatic heterocycles. The SMILES string of the molecule is CC(C)(C(=O)NC1CCN(c2ccc(C(F)(F)F)cn2)CC1)n1cc(Cl)cn1. The van der Waals surface area contributed by atoms with Gasteiger partial charge in [-0.3, -0.25) is 9.48 Å². The number of amides is 1. The molecule has 28 heavy (non-hydrogen) atoms. The van der Waals surface area contributed by atoms with Crippen LogP contribution in [-0.4, -0.2) is 39.8 Å². The van der Waals surface area contributed by atoms with Crippen LogP contribution in [0, 0.1) is 0 Å². The van der Waals surface area contributed by atoms with Crippen molar-refractivity contribution in [2.24, 2.45) is 0 Å². The van der Waals surface area contributed by atoms with Gasteiger partial charge in [0.2, 0.25) is 5.91 Å². The van der Waals surface area contributed by atoms with Crippen molar-refractivity contribution < 1.29 is 18.0 Å². The second-order valence-electron chi connectivity index (χ2n) is 7.30. The van der Waals surface area contributed by atoms with Crippen LogP contribution in [0.15, 0.2) is 30.7 Å². The molecule has 0 aliphatic carbocycles. The second kappa shape index (κ2) is 7.62. The highest BCUT2D eigenvalue weighted by atomic mass is 35.5. The van der Waals surface area contributed by atoms with E-state index in [1.807, 2.05) is 4.90 Å². The van der Waals surface area contributed by atoms with Crippen molar-refractivity contribution >= 4 is 23.3 Å². The molecule has 1 aliphatic heterocycles. The van der Waals surface area contributed by atoms with Gasteiger partial charge in [-0.15, -0.1) is 0 Å². The van der Waals surface area contributed by atoms with E-state index in [0.29, 0.717) is 36.8 Å². The lowest BCUT2D eigenvalue weighted by Crippen LogP contribution is -2.51. The molecule has 0 unspecified atom stereocenters. The van der Waals surface area contributed by atoms with Crippen LogP contribution in [0.5, 0.6) is 0 Å². The van der Waals surface area contributed by atoms with Crippen molar-refractivity contribution in [2.75, 3.05) is 18.0 Å². The van der Waals surface area contributed by atoms with Gasteiger partial charge in [0, 0.05) is 31.5 Å². The maximum Gasteiger partial charge on any atom is 0.417 e. The molecule has 0 saturated carbocycles. The summed E-state index contributed by atoms with van der Waals surface area (Å²) in [6.45, 7) is 4.70. The van der Waals surface area contributed by atoms with E-state index in [-0.39, 0.29) is 11.9 Å². The van der Waals surface area contributed by atoms with E-state index in [1.165, 1.54) is 16.9 Å². The maximum atomic E-state index is 12.7. The van der Waals surface area contributed by atoms with Gasteiger partial charge in [-0.25, -0.2) is 4.98 Å². The minimum Gasteiger partial charge on any atom is -0.356 e. The van der Waals surface area contributed by atoms with Crippen LogP contribution in [0.4, 0.5) is 19.0 Å². The first kappa shape index (κ1) is 20.4. The van der Waals surface area contributed by atoms with Crippen molar-refractivity contribution in [3.8, 4) is 0 Å². The van der Waals surface area contributed by atoms with Gasteiger partial charge in [0.05, 0.1) is 16.8 Å². The van der Waals surface area contributed by atoms with Crippen molar-refractivity contribution in [1.29, 1.82) is 0 Å². The highest BCUT2D eigenvalue weighted by molar-refractivity contribution is 6.30. The lowest BCUT2D eigenvalue weighted by molar-refractivity contribution is -0.137. The minimum atomic E-state index is -4.39. The molecule has 3 rings (SSSR count). The number of piperidine rings is 1. The Morgan fingerprint density at radius 3 is 2.39 bits per heavy atom. The molecule has 3 heterocycles. The van der Waals surface area contributed by atoms with Gasteiger partial charge >= 0.3 is 6.18 Å². The van der Waals surface area contributed by atoms with E-state index in [4.69, 9.17) is 11.6 Å². The molecule has 6 nitrogen and oxygen atoms in total. The summed E-state index contributed by atoms with van der Waals surface area (Å²) in [5.41, 5.74) is -1.65. The summed E-state index contributed by atoms with van der Waals surface area (Å²) in [6, 6.07) is 2.39. The number of hydrogen-bond donors (Lipinski definition) is 1. The molecule has 0 atom stereocenters. The van der Waals surface area contributed by atoms with Crippen LogP contribution in [0.1, 0.15) is 32.3 Å². The Hall–Kier alpha value is -2.29.